The van der Waals surface area contributed by atoms with Crippen LogP contribution in [0, 0.1) is 0 Å². The molecule has 0 aromatic heterocycles. The molecule has 0 aliphatic carbocycles. The maximum Gasteiger partial charge on any atom is 0.407 e. The molecule has 0 atom stereocenters. The molecule has 86 valence electrons. The number of rotatable bonds is 3. The zero-order valence-electron chi connectivity index (χ0n) is 9.75. The fourth-order valence-electron chi connectivity index (χ4n) is 1.33. The Labute approximate surface area is 91.3 Å². The topological polar surface area (TPSA) is 41.6 Å². The molecule has 0 bridgehead atoms. The zero-order valence-corrected chi connectivity index (χ0v) is 9.75. The second kappa shape index (κ2) is 5.16. The summed E-state index contributed by atoms with van der Waals surface area (Å²) in [5, 5.41) is 2.74. The van der Waals surface area contributed by atoms with Crippen molar-refractivity contribution >= 4 is 6.09 Å². The first-order valence-electron chi connectivity index (χ1n) is 5.31. The van der Waals surface area contributed by atoms with E-state index in [1.807, 2.05) is 20.8 Å². The fourth-order valence-corrected chi connectivity index (χ4v) is 1.33. The number of hydrogen-bond donors (Lipinski definition) is 1. The monoisotopic (exact) mass is 212 g/mol. The molecule has 0 fully saturated rings. The molecular formula is C11H20N2O2. The first kappa shape index (κ1) is 12.0. The highest BCUT2D eigenvalue weighted by atomic mass is 16.6. The molecule has 0 unspecified atom stereocenters. The van der Waals surface area contributed by atoms with Gasteiger partial charge in [0.1, 0.15) is 5.60 Å². The quantitative estimate of drug-likeness (QED) is 0.719. The number of nitrogens with one attached hydrogen (secondary N) is 1. The summed E-state index contributed by atoms with van der Waals surface area (Å²) in [6, 6.07) is 0. The normalized spacial score (nSPS) is 16.7. The lowest BCUT2D eigenvalue weighted by Gasteiger charge is -2.20. The van der Waals surface area contributed by atoms with E-state index in [0.29, 0.717) is 6.54 Å². The molecule has 0 spiro atoms. The van der Waals surface area contributed by atoms with Crippen LogP contribution in [-0.4, -0.2) is 42.8 Å². The van der Waals surface area contributed by atoms with Crippen LogP contribution in [0.4, 0.5) is 4.79 Å². The Morgan fingerprint density at radius 1 is 1.40 bits per heavy atom. The van der Waals surface area contributed by atoms with E-state index in [2.05, 4.69) is 22.4 Å². The number of alkyl carbamates (subject to hydrolysis) is 1. The van der Waals surface area contributed by atoms with Gasteiger partial charge in [-0.05, 0) is 20.8 Å². The Bertz CT molecular complexity index is 235. The summed E-state index contributed by atoms with van der Waals surface area (Å²) in [5.74, 6) is 0. The Hall–Kier alpha value is -1.03. The molecule has 0 radical (unpaired) electrons. The summed E-state index contributed by atoms with van der Waals surface area (Å²) in [6.07, 6.45) is 3.93. The molecule has 1 heterocycles. The van der Waals surface area contributed by atoms with Crippen LogP contribution in [0.25, 0.3) is 0 Å². The van der Waals surface area contributed by atoms with Gasteiger partial charge in [0.2, 0.25) is 0 Å². The highest BCUT2D eigenvalue weighted by molar-refractivity contribution is 5.67. The molecule has 1 rings (SSSR count). The number of carbonyl (C=O) groups excluding carboxylic acids is 1. The maximum absolute atomic E-state index is 11.3. The lowest BCUT2D eigenvalue weighted by Crippen LogP contribution is -2.37. The third-order valence-corrected chi connectivity index (χ3v) is 1.99. The number of carbonyl (C=O) groups is 1. The fraction of sp³-hybridized carbons (Fsp3) is 0.727. The van der Waals surface area contributed by atoms with Gasteiger partial charge in [-0.25, -0.2) is 4.79 Å². The van der Waals surface area contributed by atoms with Gasteiger partial charge in [-0.3, -0.25) is 4.90 Å². The molecule has 1 amide bonds. The van der Waals surface area contributed by atoms with E-state index in [1.54, 1.807) is 0 Å². The van der Waals surface area contributed by atoms with Gasteiger partial charge in [0.15, 0.2) is 0 Å². The summed E-state index contributed by atoms with van der Waals surface area (Å²) in [5.41, 5.74) is -0.417. The maximum atomic E-state index is 11.3. The molecule has 0 aromatic carbocycles. The van der Waals surface area contributed by atoms with Crippen molar-refractivity contribution in [1.29, 1.82) is 0 Å². The minimum atomic E-state index is -0.417. The van der Waals surface area contributed by atoms with Crippen LogP contribution < -0.4 is 5.32 Å². The van der Waals surface area contributed by atoms with Crippen LogP contribution in [0.2, 0.25) is 0 Å². The number of amides is 1. The van der Waals surface area contributed by atoms with Gasteiger partial charge in [0, 0.05) is 26.2 Å². The predicted molar refractivity (Wildman–Crippen MR) is 59.8 cm³/mol. The van der Waals surface area contributed by atoms with Crippen molar-refractivity contribution in [3.05, 3.63) is 12.2 Å². The van der Waals surface area contributed by atoms with Gasteiger partial charge in [-0.15, -0.1) is 0 Å². The molecule has 1 N–H and O–H groups in total. The van der Waals surface area contributed by atoms with Crippen molar-refractivity contribution in [2.75, 3.05) is 26.2 Å². The average Bonchev–Trinajstić information content (AvgIpc) is 2.53. The van der Waals surface area contributed by atoms with Gasteiger partial charge < -0.3 is 10.1 Å². The van der Waals surface area contributed by atoms with Crippen LogP contribution in [0.5, 0.6) is 0 Å². The predicted octanol–water partition coefficient (Wildman–Crippen LogP) is 1.38. The first-order chi connectivity index (χ1) is 6.97. The first-order valence-corrected chi connectivity index (χ1v) is 5.31. The van der Waals surface area contributed by atoms with Crippen molar-refractivity contribution < 1.29 is 9.53 Å². The molecule has 1 aliphatic rings. The highest BCUT2D eigenvalue weighted by Crippen LogP contribution is 2.06. The summed E-state index contributed by atoms with van der Waals surface area (Å²) in [7, 11) is 0. The number of ether oxygens (including phenoxy) is 1. The van der Waals surface area contributed by atoms with Gasteiger partial charge in [-0.1, -0.05) is 12.2 Å². The van der Waals surface area contributed by atoms with Crippen LogP contribution in [0.1, 0.15) is 20.8 Å². The third-order valence-electron chi connectivity index (χ3n) is 1.99. The van der Waals surface area contributed by atoms with Crippen LogP contribution >= 0.6 is 0 Å². The molecule has 15 heavy (non-hydrogen) atoms. The van der Waals surface area contributed by atoms with Crippen molar-refractivity contribution in [3.8, 4) is 0 Å². The Balaban J connectivity index is 2.07. The van der Waals surface area contributed by atoms with Gasteiger partial charge >= 0.3 is 6.09 Å². The molecule has 0 saturated heterocycles. The Kier molecular flexibility index (Phi) is 4.15. The SMILES string of the molecule is CC(C)(C)OC(=O)NCCN1CC=CC1. The number of nitrogens with zero attached hydrogens (tertiary/aromatic N) is 1. The van der Waals surface area contributed by atoms with Crippen LogP contribution in [-0.2, 0) is 4.74 Å². The molecular weight excluding hydrogens is 192 g/mol. The Morgan fingerprint density at radius 2 is 2.00 bits per heavy atom. The molecule has 1 aliphatic heterocycles. The van der Waals surface area contributed by atoms with E-state index in [9.17, 15) is 4.79 Å². The standard InChI is InChI=1S/C11H20N2O2/c1-11(2,3)15-10(14)12-6-9-13-7-4-5-8-13/h4-5H,6-9H2,1-3H3,(H,12,14). The molecule has 0 saturated carbocycles. The average molecular weight is 212 g/mol. The summed E-state index contributed by atoms with van der Waals surface area (Å²) < 4.78 is 5.12. The smallest absolute Gasteiger partial charge is 0.407 e. The largest absolute Gasteiger partial charge is 0.444 e. The zero-order chi connectivity index (χ0) is 11.3. The molecule has 4 heteroatoms. The summed E-state index contributed by atoms with van der Waals surface area (Å²) in [6.45, 7) is 9.04. The second-order valence-corrected chi connectivity index (χ2v) is 4.66. The van der Waals surface area contributed by atoms with E-state index >= 15 is 0 Å². The minimum absolute atomic E-state index is 0.338. The molecule has 4 nitrogen and oxygen atoms in total. The third kappa shape index (κ3) is 5.42. The van der Waals surface area contributed by atoms with Crippen molar-refractivity contribution in [2.45, 2.75) is 26.4 Å². The van der Waals surface area contributed by atoms with E-state index < -0.39 is 5.60 Å². The van der Waals surface area contributed by atoms with Gasteiger partial charge in [0.25, 0.3) is 0 Å². The minimum Gasteiger partial charge on any atom is -0.444 e. The van der Waals surface area contributed by atoms with Crippen molar-refractivity contribution in [1.82, 2.24) is 10.2 Å². The van der Waals surface area contributed by atoms with Gasteiger partial charge in [-0.2, -0.15) is 0 Å². The summed E-state index contributed by atoms with van der Waals surface area (Å²) in [4.78, 5) is 13.5. The van der Waals surface area contributed by atoms with E-state index in [4.69, 9.17) is 4.74 Å². The van der Waals surface area contributed by atoms with Crippen molar-refractivity contribution in [2.24, 2.45) is 0 Å². The highest BCUT2D eigenvalue weighted by Gasteiger charge is 2.15. The molecule has 0 aromatic rings. The van der Waals surface area contributed by atoms with Gasteiger partial charge in [0.05, 0.1) is 0 Å². The lowest BCUT2D eigenvalue weighted by atomic mass is 10.2. The second-order valence-electron chi connectivity index (χ2n) is 4.66. The number of hydrogen-bond acceptors (Lipinski definition) is 3. The Morgan fingerprint density at radius 3 is 2.53 bits per heavy atom. The van der Waals surface area contributed by atoms with Crippen LogP contribution in [0.3, 0.4) is 0 Å². The lowest BCUT2D eigenvalue weighted by molar-refractivity contribution is 0.0524. The summed E-state index contributed by atoms with van der Waals surface area (Å²) >= 11 is 0. The van der Waals surface area contributed by atoms with E-state index in [0.717, 1.165) is 19.6 Å². The van der Waals surface area contributed by atoms with E-state index in [-0.39, 0.29) is 6.09 Å². The van der Waals surface area contributed by atoms with E-state index in [1.165, 1.54) is 0 Å². The van der Waals surface area contributed by atoms with Crippen molar-refractivity contribution in [3.63, 3.8) is 0 Å². The van der Waals surface area contributed by atoms with Crippen LogP contribution in [0.15, 0.2) is 12.2 Å².